The summed E-state index contributed by atoms with van der Waals surface area (Å²) in [5.74, 6) is 0.849. The molecule has 0 radical (unpaired) electrons. The Balaban J connectivity index is 1.42. The number of hydrogen-bond acceptors (Lipinski definition) is 4. The van der Waals surface area contributed by atoms with Crippen molar-refractivity contribution < 1.29 is 17.9 Å². The van der Waals surface area contributed by atoms with E-state index in [1.165, 1.54) is 9.87 Å². The summed E-state index contributed by atoms with van der Waals surface area (Å²) >= 11 is 0. The van der Waals surface area contributed by atoms with Crippen LogP contribution in [0.5, 0.6) is 5.75 Å². The van der Waals surface area contributed by atoms with Crippen LogP contribution in [0.25, 0.3) is 0 Å². The third-order valence-corrected chi connectivity index (χ3v) is 6.71. The Morgan fingerprint density at radius 2 is 1.61 bits per heavy atom. The van der Waals surface area contributed by atoms with E-state index in [4.69, 9.17) is 4.74 Å². The van der Waals surface area contributed by atoms with Crippen molar-refractivity contribution in [2.45, 2.75) is 24.7 Å². The molecule has 0 N–H and O–H groups in total. The number of carbonyl (C=O) groups is 1. The number of aryl methyl sites for hydroxylation is 1. The fourth-order valence-corrected chi connectivity index (χ4v) is 4.57. The van der Waals surface area contributed by atoms with E-state index in [0.29, 0.717) is 50.5 Å². The van der Waals surface area contributed by atoms with Gasteiger partial charge in [-0.2, -0.15) is 4.31 Å². The molecule has 0 atom stereocenters. The number of ether oxygens (including phenoxy) is 1. The molecule has 1 aliphatic heterocycles. The fourth-order valence-electron chi connectivity index (χ4n) is 3.13. The van der Waals surface area contributed by atoms with Gasteiger partial charge in [-0.3, -0.25) is 4.79 Å². The SMILES string of the molecule is Cc1ccc(OCCCC(=O)N2CCN(S(=O)(=O)c3ccccc3)CC2)cc1. The van der Waals surface area contributed by atoms with Crippen LogP contribution in [0.15, 0.2) is 59.5 Å². The number of amides is 1. The number of nitrogens with zero attached hydrogens (tertiary/aromatic N) is 2. The van der Waals surface area contributed by atoms with E-state index in [0.717, 1.165) is 5.75 Å². The summed E-state index contributed by atoms with van der Waals surface area (Å²) in [5, 5.41) is 0. The second kappa shape index (κ2) is 9.21. The highest BCUT2D eigenvalue weighted by Gasteiger charge is 2.29. The summed E-state index contributed by atoms with van der Waals surface area (Å²) in [6.07, 6.45) is 1.03. The molecule has 0 unspecified atom stereocenters. The first kappa shape index (κ1) is 20.4. The summed E-state index contributed by atoms with van der Waals surface area (Å²) in [6.45, 7) is 3.99. The normalized spacial score (nSPS) is 15.4. The molecule has 28 heavy (non-hydrogen) atoms. The second-order valence-electron chi connectivity index (χ2n) is 6.86. The maximum absolute atomic E-state index is 12.6. The average molecular weight is 403 g/mol. The molecule has 0 aromatic heterocycles. The summed E-state index contributed by atoms with van der Waals surface area (Å²) in [5.41, 5.74) is 1.18. The minimum absolute atomic E-state index is 0.0456. The van der Waals surface area contributed by atoms with E-state index >= 15 is 0 Å². The first-order valence-corrected chi connectivity index (χ1v) is 10.9. The second-order valence-corrected chi connectivity index (χ2v) is 8.80. The van der Waals surface area contributed by atoms with Crippen LogP contribution >= 0.6 is 0 Å². The minimum atomic E-state index is -3.49. The topological polar surface area (TPSA) is 66.9 Å². The maximum Gasteiger partial charge on any atom is 0.243 e. The Kier molecular flexibility index (Phi) is 6.70. The summed E-state index contributed by atoms with van der Waals surface area (Å²) in [6, 6.07) is 16.2. The van der Waals surface area contributed by atoms with E-state index in [1.807, 2.05) is 31.2 Å². The quantitative estimate of drug-likeness (QED) is 0.668. The molecule has 1 aliphatic rings. The lowest BCUT2D eigenvalue weighted by Crippen LogP contribution is -2.50. The number of piperazine rings is 1. The molecule has 1 fully saturated rings. The largest absolute Gasteiger partial charge is 0.494 e. The van der Waals surface area contributed by atoms with Gasteiger partial charge in [0.15, 0.2) is 0 Å². The fraction of sp³-hybridized carbons (Fsp3) is 0.381. The van der Waals surface area contributed by atoms with Crippen molar-refractivity contribution in [1.29, 1.82) is 0 Å². The van der Waals surface area contributed by atoms with Gasteiger partial charge in [-0.1, -0.05) is 35.9 Å². The monoisotopic (exact) mass is 402 g/mol. The third-order valence-electron chi connectivity index (χ3n) is 4.80. The van der Waals surface area contributed by atoms with E-state index in [1.54, 1.807) is 35.2 Å². The number of rotatable bonds is 7. The van der Waals surface area contributed by atoms with Gasteiger partial charge in [0.1, 0.15) is 5.75 Å². The van der Waals surface area contributed by atoms with E-state index in [-0.39, 0.29) is 5.91 Å². The van der Waals surface area contributed by atoms with Crippen LogP contribution in [0.3, 0.4) is 0 Å². The van der Waals surface area contributed by atoms with Crippen molar-refractivity contribution >= 4 is 15.9 Å². The van der Waals surface area contributed by atoms with Crippen LogP contribution in [0.2, 0.25) is 0 Å². The van der Waals surface area contributed by atoms with Gasteiger partial charge in [0.25, 0.3) is 0 Å². The summed E-state index contributed by atoms with van der Waals surface area (Å²) in [4.78, 5) is 14.4. The molecule has 150 valence electrons. The molecule has 2 aromatic rings. The van der Waals surface area contributed by atoms with Crippen molar-refractivity contribution in [1.82, 2.24) is 9.21 Å². The molecule has 1 saturated heterocycles. The van der Waals surface area contributed by atoms with Gasteiger partial charge in [0.05, 0.1) is 11.5 Å². The zero-order valence-corrected chi connectivity index (χ0v) is 16.9. The molecule has 0 spiro atoms. The van der Waals surface area contributed by atoms with Gasteiger partial charge in [-0.25, -0.2) is 8.42 Å². The predicted octanol–water partition coefficient (Wildman–Crippen LogP) is 2.69. The Morgan fingerprint density at radius 1 is 0.964 bits per heavy atom. The van der Waals surface area contributed by atoms with Crippen LogP contribution in [-0.4, -0.2) is 56.3 Å². The number of sulfonamides is 1. The van der Waals surface area contributed by atoms with E-state index < -0.39 is 10.0 Å². The molecule has 3 rings (SSSR count). The van der Waals surface area contributed by atoms with Crippen LogP contribution in [0.1, 0.15) is 18.4 Å². The highest BCUT2D eigenvalue weighted by Crippen LogP contribution is 2.18. The van der Waals surface area contributed by atoms with Gasteiger partial charge in [-0.05, 0) is 37.6 Å². The average Bonchev–Trinajstić information content (AvgIpc) is 2.73. The first-order chi connectivity index (χ1) is 13.5. The highest BCUT2D eigenvalue weighted by atomic mass is 32.2. The van der Waals surface area contributed by atoms with E-state index in [2.05, 4.69) is 0 Å². The molecular weight excluding hydrogens is 376 g/mol. The standard InChI is InChI=1S/C21H26N2O4S/c1-18-9-11-19(12-10-18)27-17-5-8-21(24)22-13-15-23(16-14-22)28(25,26)20-6-3-2-4-7-20/h2-4,6-7,9-12H,5,8,13-17H2,1H3. The minimum Gasteiger partial charge on any atom is -0.494 e. The lowest BCUT2D eigenvalue weighted by Gasteiger charge is -2.34. The Labute approximate surface area is 166 Å². The molecule has 0 aliphatic carbocycles. The number of benzene rings is 2. The van der Waals surface area contributed by atoms with Crippen LogP contribution in [0, 0.1) is 6.92 Å². The zero-order valence-electron chi connectivity index (χ0n) is 16.1. The van der Waals surface area contributed by atoms with Crippen LogP contribution in [-0.2, 0) is 14.8 Å². The van der Waals surface area contributed by atoms with Crippen molar-refractivity contribution in [2.24, 2.45) is 0 Å². The van der Waals surface area contributed by atoms with Gasteiger partial charge in [0.2, 0.25) is 15.9 Å². The summed E-state index contributed by atoms with van der Waals surface area (Å²) < 4.78 is 32.4. The maximum atomic E-state index is 12.6. The van der Waals surface area contributed by atoms with E-state index in [9.17, 15) is 13.2 Å². The van der Waals surface area contributed by atoms with Crippen LogP contribution in [0.4, 0.5) is 0 Å². The van der Waals surface area contributed by atoms with Crippen molar-refractivity contribution in [3.8, 4) is 5.75 Å². The number of hydrogen-bond donors (Lipinski definition) is 0. The smallest absolute Gasteiger partial charge is 0.243 e. The van der Waals surface area contributed by atoms with Gasteiger partial charge in [-0.15, -0.1) is 0 Å². The Hall–Kier alpha value is -2.38. The first-order valence-electron chi connectivity index (χ1n) is 9.49. The molecule has 0 bridgehead atoms. The predicted molar refractivity (Wildman–Crippen MR) is 108 cm³/mol. The molecule has 0 saturated carbocycles. The van der Waals surface area contributed by atoms with Crippen LogP contribution < -0.4 is 4.74 Å². The van der Waals surface area contributed by atoms with Gasteiger partial charge in [0, 0.05) is 32.6 Å². The van der Waals surface area contributed by atoms with Crippen molar-refractivity contribution in [3.63, 3.8) is 0 Å². The third kappa shape index (κ3) is 5.11. The molecule has 1 amide bonds. The molecule has 6 nitrogen and oxygen atoms in total. The Bertz CT molecular complexity index is 874. The van der Waals surface area contributed by atoms with Crippen molar-refractivity contribution in [3.05, 3.63) is 60.2 Å². The lowest BCUT2D eigenvalue weighted by molar-refractivity contribution is -0.132. The van der Waals surface area contributed by atoms with Gasteiger partial charge >= 0.3 is 0 Å². The number of carbonyl (C=O) groups excluding carboxylic acids is 1. The zero-order chi connectivity index (χ0) is 20.0. The highest BCUT2D eigenvalue weighted by molar-refractivity contribution is 7.89. The molecular formula is C21H26N2O4S. The van der Waals surface area contributed by atoms with Crippen molar-refractivity contribution in [2.75, 3.05) is 32.8 Å². The lowest BCUT2D eigenvalue weighted by atomic mass is 10.2. The summed E-state index contributed by atoms with van der Waals surface area (Å²) in [7, 11) is -3.49. The van der Waals surface area contributed by atoms with Gasteiger partial charge < -0.3 is 9.64 Å². The Morgan fingerprint density at radius 3 is 2.25 bits per heavy atom. The molecule has 2 aromatic carbocycles. The molecule has 7 heteroatoms. The molecule has 1 heterocycles.